The maximum Gasteiger partial charge on any atom is 0.114 e. The standard InChI is InChI=1S/C9H18O4S2.H2O/c1-4-5-8(15(3)13)9(11)7(10)6-14(2)12;/h5,7,9-11H,4,6H2,1-3H3;1H2. The van der Waals surface area contributed by atoms with Crippen LogP contribution in [0.15, 0.2) is 11.0 Å². The van der Waals surface area contributed by atoms with Crippen LogP contribution in [0.2, 0.25) is 0 Å². The van der Waals surface area contributed by atoms with E-state index in [4.69, 9.17) is 0 Å². The normalized spacial score (nSPS) is 19.4. The van der Waals surface area contributed by atoms with Crippen molar-refractivity contribution >= 4 is 21.6 Å². The third-order valence-corrected chi connectivity index (χ3v) is 3.68. The summed E-state index contributed by atoms with van der Waals surface area (Å²) in [6.07, 6.45) is 2.83. The van der Waals surface area contributed by atoms with Gasteiger partial charge >= 0.3 is 0 Å². The molecule has 0 saturated carbocycles. The molecule has 7 heteroatoms. The fourth-order valence-corrected chi connectivity index (χ4v) is 2.69. The van der Waals surface area contributed by atoms with E-state index >= 15 is 0 Å². The molecule has 0 fully saturated rings. The molecule has 4 atom stereocenters. The SMILES string of the molecule is CCC=C(C(O)C(O)CS(C)=O)S(C)=O.O. The van der Waals surface area contributed by atoms with Crippen LogP contribution < -0.4 is 0 Å². The Balaban J connectivity index is 0. The highest BCUT2D eigenvalue weighted by Crippen LogP contribution is 2.12. The third-order valence-electron chi connectivity index (χ3n) is 1.80. The molecule has 0 aromatic heterocycles. The molecule has 0 heterocycles. The Bertz CT molecular complexity index is 277. The van der Waals surface area contributed by atoms with Gasteiger partial charge in [-0.05, 0) is 6.42 Å². The van der Waals surface area contributed by atoms with E-state index in [0.29, 0.717) is 11.3 Å². The van der Waals surface area contributed by atoms with Crippen molar-refractivity contribution in [3.8, 4) is 0 Å². The van der Waals surface area contributed by atoms with Crippen LogP contribution in [0, 0.1) is 0 Å². The Labute approximate surface area is 101 Å². The summed E-state index contributed by atoms with van der Waals surface area (Å²) in [6.45, 7) is 1.85. The van der Waals surface area contributed by atoms with Crippen molar-refractivity contribution in [3.05, 3.63) is 11.0 Å². The van der Waals surface area contributed by atoms with Crippen LogP contribution in [0.3, 0.4) is 0 Å². The number of aliphatic hydroxyl groups excluding tert-OH is 2. The summed E-state index contributed by atoms with van der Waals surface area (Å²) < 4.78 is 22.1. The highest BCUT2D eigenvalue weighted by molar-refractivity contribution is 7.88. The van der Waals surface area contributed by atoms with Crippen molar-refractivity contribution in [3.63, 3.8) is 0 Å². The zero-order valence-electron chi connectivity index (χ0n) is 9.67. The van der Waals surface area contributed by atoms with Crippen molar-refractivity contribution < 1.29 is 24.1 Å². The van der Waals surface area contributed by atoms with E-state index in [9.17, 15) is 18.6 Å². The summed E-state index contributed by atoms with van der Waals surface area (Å²) >= 11 is 0. The van der Waals surface area contributed by atoms with Crippen LogP contribution in [0.4, 0.5) is 0 Å². The second-order valence-corrected chi connectivity index (χ2v) is 6.08. The smallest absolute Gasteiger partial charge is 0.114 e. The monoisotopic (exact) mass is 272 g/mol. The number of aliphatic hydroxyl groups is 2. The molecular weight excluding hydrogens is 252 g/mol. The van der Waals surface area contributed by atoms with Gasteiger partial charge in [0.15, 0.2) is 0 Å². The van der Waals surface area contributed by atoms with Gasteiger partial charge in [-0.2, -0.15) is 0 Å². The fraction of sp³-hybridized carbons (Fsp3) is 0.778. The van der Waals surface area contributed by atoms with Gasteiger partial charge in [0.05, 0.1) is 11.9 Å². The van der Waals surface area contributed by atoms with Crippen LogP contribution in [-0.2, 0) is 21.6 Å². The van der Waals surface area contributed by atoms with Crippen LogP contribution >= 0.6 is 0 Å². The molecule has 5 nitrogen and oxygen atoms in total. The molecule has 0 spiro atoms. The predicted octanol–water partition coefficient (Wildman–Crippen LogP) is -1.07. The fourth-order valence-electron chi connectivity index (χ4n) is 1.13. The minimum Gasteiger partial charge on any atom is -0.412 e. The number of hydrogen-bond donors (Lipinski definition) is 2. The molecule has 0 aliphatic heterocycles. The van der Waals surface area contributed by atoms with Gasteiger partial charge in [0.2, 0.25) is 0 Å². The van der Waals surface area contributed by atoms with Gasteiger partial charge in [0, 0.05) is 39.0 Å². The molecule has 0 rings (SSSR count). The Hall–Kier alpha value is -0.0800. The van der Waals surface area contributed by atoms with Crippen molar-refractivity contribution in [2.24, 2.45) is 0 Å². The summed E-state index contributed by atoms with van der Waals surface area (Å²) in [5, 5.41) is 19.2. The van der Waals surface area contributed by atoms with Gasteiger partial charge in [-0.3, -0.25) is 8.42 Å². The topological polar surface area (TPSA) is 106 Å². The highest BCUT2D eigenvalue weighted by Gasteiger charge is 2.23. The van der Waals surface area contributed by atoms with Crippen LogP contribution in [0.25, 0.3) is 0 Å². The molecule has 16 heavy (non-hydrogen) atoms. The minimum absolute atomic E-state index is 0. The molecule has 0 aromatic carbocycles. The summed E-state index contributed by atoms with van der Waals surface area (Å²) in [7, 11) is -2.50. The summed E-state index contributed by atoms with van der Waals surface area (Å²) in [5.41, 5.74) is 0. The van der Waals surface area contributed by atoms with Crippen molar-refractivity contribution in [1.82, 2.24) is 0 Å². The van der Waals surface area contributed by atoms with E-state index in [1.807, 2.05) is 6.92 Å². The summed E-state index contributed by atoms with van der Waals surface area (Å²) in [4.78, 5) is 0.301. The van der Waals surface area contributed by atoms with E-state index in [1.165, 1.54) is 12.5 Å². The second-order valence-electron chi connectivity index (χ2n) is 3.22. The van der Waals surface area contributed by atoms with Gasteiger partial charge in [-0.15, -0.1) is 0 Å². The largest absolute Gasteiger partial charge is 0.412 e. The lowest BCUT2D eigenvalue weighted by Crippen LogP contribution is -2.33. The number of allylic oxidation sites excluding steroid dienone is 1. The van der Waals surface area contributed by atoms with E-state index in [2.05, 4.69) is 0 Å². The summed E-state index contributed by atoms with van der Waals surface area (Å²) in [6, 6.07) is 0. The Morgan fingerprint density at radius 3 is 2.12 bits per heavy atom. The maximum atomic E-state index is 11.3. The van der Waals surface area contributed by atoms with Gasteiger partial charge < -0.3 is 15.7 Å². The Kier molecular flexibility index (Phi) is 10.3. The molecular formula is C9H20O5S2. The predicted molar refractivity (Wildman–Crippen MR) is 67.0 cm³/mol. The molecule has 0 bridgehead atoms. The average Bonchev–Trinajstić information content (AvgIpc) is 2.11. The molecule has 98 valence electrons. The number of rotatable bonds is 6. The Morgan fingerprint density at radius 1 is 1.31 bits per heavy atom. The van der Waals surface area contributed by atoms with E-state index in [1.54, 1.807) is 6.08 Å². The first-order chi connectivity index (χ1) is 6.90. The first-order valence-corrected chi connectivity index (χ1v) is 7.88. The molecule has 0 radical (unpaired) electrons. The molecule has 4 N–H and O–H groups in total. The van der Waals surface area contributed by atoms with Crippen molar-refractivity contribution in [2.45, 2.75) is 25.6 Å². The van der Waals surface area contributed by atoms with Gasteiger partial charge in [0.1, 0.15) is 6.10 Å². The van der Waals surface area contributed by atoms with Gasteiger partial charge in [-0.1, -0.05) is 13.0 Å². The van der Waals surface area contributed by atoms with Crippen LogP contribution in [-0.4, -0.2) is 54.6 Å². The number of hydrogen-bond acceptors (Lipinski definition) is 4. The molecule has 0 aliphatic carbocycles. The third kappa shape index (κ3) is 6.49. The Morgan fingerprint density at radius 2 is 1.81 bits per heavy atom. The zero-order valence-corrected chi connectivity index (χ0v) is 11.3. The van der Waals surface area contributed by atoms with E-state index in [-0.39, 0.29) is 11.2 Å². The maximum absolute atomic E-state index is 11.3. The lowest BCUT2D eigenvalue weighted by Gasteiger charge is -2.18. The lowest BCUT2D eigenvalue weighted by molar-refractivity contribution is 0.0618. The van der Waals surface area contributed by atoms with Crippen molar-refractivity contribution in [2.75, 3.05) is 18.3 Å². The first kappa shape index (κ1) is 18.3. The molecule has 0 amide bonds. The van der Waals surface area contributed by atoms with Gasteiger partial charge in [-0.25, -0.2) is 0 Å². The van der Waals surface area contributed by atoms with E-state index in [0.717, 1.165) is 0 Å². The van der Waals surface area contributed by atoms with Crippen molar-refractivity contribution in [1.29, 1.82) is 0 Å². The first-order valence-electron chi connectivity index (χ1n) is 4.59. The molecule has 0 aliphatic rings. The van der Waals surface area contributed by atoms with Crippen LogP contribution in [0.1, 0.15) is 13.3 Å². The lowest BCUT2D eigenvalue weighted by atomic mass is 10.2. The minimum atomic E-state index is -1.32. The second kappa shape index (κ2) is 9.00. The average molecular weight is 272 g/mol. The molecule has 0 aromatic rings. The highest BCUT2D eigenvalue weighted by atomic mass is 32.2. The van der Waals surface area contributed by atoms with Crippen LogP contribution in [0.5, 0.6) is 0 Å². The molecule has 4 unspecified atom stereocenters. The zero-order chi connectivity index (χ0) is 12.0. The molecule has 0 saturated heterocycles. The van der Waals surface area contributed by atoms with E-state index < -0.39 is 33.8 Å². The summed E-state index contributed by atoms with van der Waals surface area (Å²) in [5.74, 6) is -0.0145. The quantitative estimate of drug-likeness (QED) is 0.642. The van der Waals surface area contributed by atoms with Gasteiger partial charge in [0.25, 0.3) is 0 Å².